The van der Waals surface area contributed by atoms with Crippen molar-refractivity contribution in [1.29, 1.82) is 0 Å². The molecule has 3 aromatic rings. The first-order valence-electron chi connectivity index (χ1n) is 12.5. The van der Waals surface area contributed by atoms with Crippen LogP contribution in [0.4, 0.5) is 0 Å². The number of nitrogens with zero attached hydrogens (tertiary/aromatic N) is 2. The second kappa shape index (κ2) is 14.5. The van der Waals surface area contributed by atoms with E-state index in [-0.39, 0.29) is 30.1 Å². The van der Waals surface area contributed by atoms with Crippen LogP contribution in [0.2, 0.25) is 0 Å². The second-order valence-corrected chi connectivity index (χ2v) is 9.09. The van der Waals surface area contributed by atoms with Gasteiger partial charge in [0.2, 0.25) is 0 Å². The maximum absolute atomic E-state index is 11.1. The van der Waals surface area contributed by atoms with Crippen LogP contribution in [0.15, 0.2) is 73.2 Å². The Hall–Kier alpha value is -2.09. The van der Waals surface area contributed by atoms with Crippen molar-refractivity contribution >= 4 is 40.3 Å². The highest BCUT2D eigenvalue weighted by Crippen LogP contribution is 2.31. The summed E-state index contributed by atoms with van der Waals surface area (Å²) in [6, 6.07) is 12.1. The van der Waals surface area contributed by atoms with Gasteiger partial charge in [0.1, 0.15) is 0 Å². The molecule has 1 saturated carbocycles. The maximum Gasteiger partial charge on any atom is 0.0833 e. The van der Waals surface area contributed by atoms with Crippen LogP contribution in [-0.4, -0.2) is 26.3 Å². The van der Waals surface area contributed by atoms with Crippen LogP contribution in [0.1, 0.15) is 75.8 Å². The first kappa shape index (κ1) is 29.1. The fourth-order valence-corrected chi connectivity index (χ4v) is 4.70. The number of aliphatic hydroxyl groups is 2. The van der Waals surface area contributed by atoms with Crippen LogP contribution < -0.4 is 0 Å². The molecule has 4 rings (SSSR count). The van der Waals surface area contributed by atoms with E-state index in [2.05, 4.69) is 22.6 Å². The lowest BCUT2D eigenvalue weighted by atomic mass is 9.84. The summed E-state index contributed by atoms with van der Waals surface area (Å²) in [4.78, 5) is 8.74. The van der Waals surface area contributed by atoms with Crippen molar-refractivity contribution in [1.82, 2.24) is 9.97 Å². The first-order valence-corrected chi connectivity index (χ1v) is 12.5. The summed E-state index contributed by atoms with van der Waals surface area (Å²) in [6.07, 6.45) is 12.1. The van der Waals surface area contributed by atoms with E-state index in [0.29, 0.717) is 12.3 Å². The van der Waals surface area contributed by atoms with E-state index in [1.54, 1.807) is 12.4 Å². The van der Waals surface area contributed by atoms with Crippen LogP contribution in [0.25, 0.3) is 16.3 Å². The number of aromatic nitrogens is 2. The molecular formula is C30H39IN2O2. The highest BCUT2D eigenvalue weighted by molar-refractivity contribution is 14.0. The molecule has 2 heterocycles. The minimum Gasteiger partial charge on any atom is -0.393 e. The molecule has 0 aliphatic heterocycles. The Labute approximate surface area is 227 Å². The average Bonchev–Trinajstić information content (AvgIpc) is 2.86. The quantitative estimate of drug-likeness (QED) is 0.223. The van der Waals surface area contributed by atoms with Gasteiger partial charge in [-0.1, -0.05) is 50.3 Å². The van der Waals surface area contributed by atoms with Gasteiger partial charge in [-0.2, -0.15) is 0 Å². The minimum atomic E-state index is -0.597. The minimum absolute atomic E-state index is 0. The van der Waals surface area contributed by atoms with Gasteiger partial charge in [0, 0.05) is 29.7 Å². The highest BCUT2D eigenvalue weighted by atomic mass is 127. The molecule has 1 aromatic carbocycles. The average molecular weight is 587 g/mol. The molecule has 2 aromatic heterocycles. The monoisotopic (exact) mass is 586 g/mol. The Kier molecular flexibility index (Phi) is 12.0. The summed E-state index contributed by atoms with van der Waals surface area (Å²) in [5.41, 5.74) is 5.03. The number of hydrogen-bond donors (Lipinski definition) is 2. The topological polar surface area (TPSA) is 66.2 Å². The lowest BCUT2D eigenvalue weighted by Gasteiger charge is -2.25. The molecule has 0 spiro atoms. The predicted molar refractivity (Wildman–Crippen MR) is 157 cm³/mol. The van der Waals surface area contributed by atoms with E-state index in [1.807, 2.05) is 63.4 Å². The zero-order valence-corrected chi connectivity index (χ0v) is 23.5. The molecule has 1 aliphatic rings. The Morgan fingerprint density at radius 3 is 2.49 bits per heavy atom. The number of benzene rings is 1. The number of pyridine rings is 2. The standard InChI is InChI=1S/C28H32N2O2.C2H6.HI/c1-19(14-20(2)22-10-12-29-13-11-22)15-28(32)26-5-3-4-23-18-30-24(17-27(23)26)16-21-6-8-25(31)9-7-21;1-2;/h3-5,10-14,17-18,21,25,28,31-32H,2,6-9,15-16H2,1H3;1-2H3;1H/b19-14+;;. The first-order chi connectivity index (χ1) is 16.5. The van der Waals surface area contributed by atoms with E-state index >= 15 is 0 Å². The molecule has 35 heavy (non-hydrogen) atoms. The number of halogens is 1. The molecule has 0 saturated heterocycles. The zero-order chi connectivity index (χ0) is 24.5. The molecule has 1 fully saturated rings. The van der Waals surface area contributed by atoms with Gasteiger partial charge in [-0.25, -0.2) is 0 Å². The van der Waals surface area contributed by atoms with Gasteiger partial charge in [0.05, 0.1) is 12.2 Å². The van der Waals surface area contributed by atoms with Crippen LogP contribution >= 0.6 is 24.0 Å². The third-order valence-corrected chi connectivity index (χ3v) is 6.51. The van der Waals surface area contributed by atoms with Gasteiger partial charge in [-0.3, -0.25) is 9.97 Å². The van der Waals surface area contributed by atoms with E-state index < -0.39 is 6.10 Å². The normalized spacial score (nSPS) is 18.7. The van der Waals surface area contributed by atoms with E-state index in [4.69, 9.17) is 0 Å². The van der Waals surface area contributed by atoms with Crippen LogP contribution in [0, 0.1) is 5.92 Å². The van der Waals surface area contributed by atoms with Crippen molar-refractivity contribution in [2.24, 2.45) is 5.92 Å². The fourth-order valence-electron chi connectivity index (χ4n) is 4.70. The van der Waals surface area contributed by atoms with Crippen molar-refractivity contribution in [2.75, 3.05) is 0 Å². The van der Waals surface area contributed by atoms with E-state index in [0.717, 1.165) is 70.8 Å². The number of allylic oxidation sites excluding steroid dienone is 2. The third kappa shape index (κ3) is 8.23. The molecule has 0 radical (unpaired) electrons. The number of aliphatic hydroxyl groups excluding tert-OH is 2. The molecule has 0 bridgehead atoms. The van der Waals surface area contributed by atoms with Crippen molar-refractivity contribution in [3.63, 3.8) is 0 Å². The van der Waals surface area contributed by atoms with Gasteiger partial charge in [0.15, 0.2) is 0 Å². The lowest BCUT2D eigenvalue weighted by Crippen LogP contribution is -2.19. The van der Waals surface area contributed by atoms with Crippen molar-refractivity contribution in [3.05, 3.63) is 90.0 Å². The Morgan fingerprint density at radius 2 is 1.80 bits per heavy atom. The molecule has 0 amide bonds. The van der Waals surface area contributed by atoms with Gasteiger partial charge in [0.25, 0.3) is 0 Å². The number of fused-ring (bicyclic) bond motifs is 1. The van der Waals surface area contributed by atoms with Crippen LogP contribution in [-0.2, 0) is 6.42 Å². The number of rotatable bonds is 7. The Bertz CT molecular complexity index is 1110. The third-order valence-electron chi connectivity index (χ3n) is 6.51. The summed E-state index contributed by atoms with van der Waals surface area (Å²) in [7, 11) is 0. The molecule has 2 N–H and O–H groups in total. The number of hydrogen-bond acceptors (Lipinski definition) is 4. The lowest BCUT2D eigenvalue weighted by molar-refractivity contribution is 0.108. The van der Waals surface area contributed by atoms with Gasteiger partial charge in [-0.15, -0.1) is 24.0 Å². The van der Waals surface area contributed by atoms with Crippen molar-refractivity contribution in [2.45, 2.75) is 71.5 Å². The molecule has 1 aliphatic carbocycles. The Balaban J connectivity index is 0.00000140. The van der Waals surface area contributed by atoms with Gasteiger partial charge < -0.3 is 10.2 Å². The SMILES string of the molecule is C=C(/C=C(\C)CC(O)c1cccc2cnc(CC3CCC(O)CC3)cc12)c1ccncc1.CC.I. The summed E-state index contributed by atoms with van der Waals surface area (Å²) in [6.45, 7) is 10.2. The van der Waals surface area contributed by atoms with Crippen molar-refractivity contribution < 1.29 is 10.2 Å². The predicted octanol–water partition coefficient (Wildman–Crippen LogP) is 7.45. The van der Waals surface area contributed by atoms with E-state index in [9.17, 15) is 10.2 Å². The smallest absolute Gasteiger partial charge is 0.0833 e. The van der Waals surface area contributed by atoms with Crippen molar-refractivity contribution in [3.8, 4) is 0 Å². The van der Waals surface area contributed by atoms with Crippen LogP contribution in [0.3, 0.4) is 0 Å². The highest BCUT2D eigenvalue weighted by Gasteiger charge is 2.20. The molecule has 1 unspecified atom stereocenters. The summed E-state index contributed by atoms with van der Waals surface area (Å²) in [5.74, 6) is 0.574. The molecular weight excluding hydrogens is 547 g/mol. The molecule has 4 nitrogen and oxygen atoms in total. The van der Waals surface area contributed by atoms with Crippen LogP contribution in [0.5, 0.6) is 0 Å². The molecule has 1 atom stereocenters. The van der Waals surface area contributed by atoms with Gasteiger partial charge in [-0.05, 0) is 91.7 Å². The van der Waals surface area contributed by atoms with Gasteiger partial charge >= 0.3 is 0 Å². The largest absolute Gasteiger partial charge is 0.393 e. The molecule has 188 valence electrons. The summed E-state index contributed by atoms with van der Waals surface area (Å²) >= 11 is 0. The fraction of sp³-hybridized carbons (Fsp3) is 0.400. The zero-order valence-electron chi connectivity index (χ0n) is 21.2. The second-order valence-electron chi connectivity index (χ2n) is 9.09. The summed E-state index contributed by atoms with van der Waals surface area (Å²) in [5, 5.41) is 23.0. The maximum atomic E-state index is 11.1. The Morgan fingerprint density at radius 1 is 1.11 bits per heavy atom. The summed E-state index contributed by atoms with van der Waals surface area (Å²) < 4.78 is 0. The van der Waals surface area contributed by atoms with E-state index in [1.165, 1.54) is 0 Å². The molecule has 5 heteroatoms.